The van der Waals surface area contributed by atoms with Gasteiger partial charge in [-0.3, -0.25) is 19.4 Å². The lowest BCUT2D eigenvalue weighted by Crippen LogP contribution is -2.81. The average Bonchev–Trinajstić information content (AvgIpc) is 4.00. The molecule has 2 aromatic carbocycles. The number of nitrogens with one attached hydrogen (secondary N) is 1. The number of ether oxygens (including phenoxy) is 4. The SMILES string of the molecule is CCC(O)(CO)CC1CC(C(=O)OC)C23Nc4ccccc4C2(c2cc4c(cc2OC)N(C)C2C(O)(C(=O)OC)C(OC(C)=O)C5(CC)C=CCN6CCC42C65)CCN3C1.CO.O. The molecule has 2 spiro atoms. The minimum Gasteiger partial charge on any atom is -0.496 e. The Balaban J connectivity index is 0.00000196. The van der Waals surface area contributed by atoms with Gasteiger partial charge in [0.2, 0.25) is 5.60 Å². The highest BCUT2D eigenvalue weighted by atomic mass is 16.6. The van der Waals surface area contributed by atoms with Crippen molar-refractivity contribution in [3.05, 3.63) is 65.2 Å². The number of carbonyl (C=O) groups excluding carboxylic acids is 3. The normalized spacial score (nSPS) is 36.3. The van der Waals surface area contributed by atoms with Crippen molar-refractivity contribution >= 4 is 29.3 Å². The lowest BCUT2D eigenvalue weighted by molar-refractivity contribution is -0.228. The zero-order chi connectivity index (χ0) is 44.8. The van der Waals surface area contributed by atoms with Gasteiger partial charge in [-0.25, -0.2) is 4.79 Å². The minimum atomic E-state index is -2.28. The van der Waals surface area contributed by atoms with Crippen LogP contribution in [0.1, 0.15) is 76.0 Å². The molecule has 1 saturated carbocycles. The standard InChI is InChI=1S/C46H60N4O10.CH4O.H2O/c1-8-41(55,26-51)24-28-21-32(36(53)58-6)46-44(17-20-50(46)25-28,29-13-10-11-14-33(29)47-46)31-22-30-34(23-35(31)57-5)48(4)38-43(30)16-19-49-18-12-15-42(9-2,37(43)49)39(60-27(3)52)45(38,56)40(54)59-7;1-2;/h10-15,22-23,28,32,37-39,47,51,55-56H,8-9,16-21,24-26H2,1-7H3;2H,1H3;1H2. The number of carbonyl (C=O) groups is 3. The number of benzene rings is 2. The van der Waals surface area contributed by atoms with Crippen LogP contribution in [0.2, 0.25) is 0 Å². The molecule has 63 heavy (non-hydrogen) atoms. The van der Waals surface area contributed by atoms with Crippen molar-refractivity contribution in [3.63, 3.8) is 0 Å². The van der Waals surface area contributed by atoms with Crippen molar-refractivity contribution < 1.29 is 59.2 Å². The van der Waals surface area contributed by atoms with Crippen molar-refractivity contribution in [2.75, 3.05) is 78.5 Å². The van der Waals surface area contributed by atoms with Gasteiger partial charge < -0.3 is 55.1 Å². The van der Waals surface area contributed by atoms with E-state index in [1.165, 1.54) is 21.1 Å². The number of hydrogen-bond acceptors (Lipinski definition) is 15. The number of rotatable bonds is 10. The van der Waals surface area contributed by atoms with Gasteiger partial charge in [0.1, 0.15) is 11.4 Å². The molecular weight excluding hydrogens is 813 g/mol. The highest BCUT2D eigenvalue weighted by Crippen LogP contribution is 2.70. The molecule has 3 saturated heterocycles. The third-order valence-electron chi connectivity index (χ3n) is 16.5. The first-order valence-corrected chi connectivity index (χ1v) is 22.0. The van der Waals surface area contributed by atoms with Gasteiger partial charge in [-0.2, -0.15) is 0 Å². The van der Waals surface area contributed by atoms with Crippen LogP contribution in [-0.4, -0.2) is 157 Å². The average molecular weight is 879 g/mol. The second kappa shape index (κ2) is 16.3. The Hall–Kier alpha value is -4.29. The van der Waals surface area contributed by atoms with Crippen LogP contribution in [0, 0.1) is 17.3 Å². The zero-order valence-corrected chi connectivity index (χ0v) is 37.8. The number of esters is 3. The van der Waals surface area contributed by atoms with E-state index in [2.05, 4.69) is 45.5 Å². The Morgan fingerprint density at radius 2 is 1.71 bits per heavy atom. The summed E-state index contributed by atoms with van der Waals surface area (Å²) in [6.07, 6.45) is 5.72. The molecule has 11 atom stereocenters. The van der Waals surface area contributed by atoms with Gasteiger partial charge >= 0.3 is 17.9 Å². The molecule has 11 unspecified atom stereocenters. The number of fused-ring (bicyclic) bond motifs is 3. The van der Waals surface area contributed by atoms with Gasteiger partial charge in [0.25, 0.3) is 0 Å². The second-order valence-electron chi connectivity index (χ2n) is 18.6. The molecule has 16 nitrogen and oxygen atoms in total. The first-order chi connectivity index (χ1) is 29.7. The molecule has 6 heterocycles. The monoisotopic (exact) mass is 878 g/mol. The molecule has 4 fully saturated rings. The highest BCUT2D eigenvalue weighted by molar-refractivity contribution is 5.88. The van der Waals surface area contributed by atoms with Crippen LogP contribution < -0.4 is 15.0 Å². The number of hydrogen-bond donors (Lipinski definition) is 5. The maximum Gasteiger partial charge on any atom is 0.344 e. The smallest absolute Gasteiger partial charge is 0.344 e. The Morgan fingerprint density at radius 3 is 2.35 bits per heavy atom. The maximum atomic E-state index is 14.4. The maximum absolute atomic E-state index is 14.4. The lowest BCUT2D eigenvalue weighted by Gasteiger charge is -2.63. The molecular formula is C47H66N4O12. The summed E-state index contributed by atoms with van der Waals surface area (Å²) in [5, 5.41) is 45.9. The van der Waals surface area contributed by atoms with E-state index in [0.717, 1.165) is 35.2 Å². The fraction of sp³-hybridized carbons (Fsp3) is 0.638. The summed E-state index contributed by atoms with van der Waals surface area (Å²) in [5.74, 6) is -2.02. The van der Waals surface area contributed by atoms with Gasteiger partial charge in [-0.1, -0.05) is 44.2 Å². The predicted octanol–water partition coefficient (Wildman–Crippen LogP) is 1.87. The number of aliphatic hydroxyl groups excluding tert-OH is 2. The van der Waals surface area contributed by atoms with Crippen LogP contribution in [0.15, 0.2) is 48.6 Å². The molecule has 16 heteroatoms. The van der Waals surface area contributed by atoms with E-state index in [0.29, 0.717) is 70.5 Å². The Labute approximate surface area is 369 Å². The number of nitrogens with zero attached hydrogens (tertiary/aromatic N) is 3. The summed E-state index contributed by atoms with van der Waals surface area (Å²) >= 11 is 0. The molecule has 0 radical (unpaired) electrons. The molecule has 1 aliphatic carbocycles. The Morgan fingerprint density at radius 1 is 0.984 bits per heavy atom. The third-order valence-corrected chi connectivity index (χ3v) is 16.5. The quantitative estimate of drug-likeness (QED) is 0.131. The summed E-state index contributed by atoms with van der Waals surface area (Å²) in [7, 11) is 7.22. The number of para-hydroxylation sites is 1. The zero-order valence-electron chi connectivity index (χ0n) is 37.8. The summed E-state index contributed by atoms with van der Waals surface area (Å²) in [5.41, 5.74) is -2.66. The molecule has 0 amide bonds. The summed E-state index contributed by atoms with van der Waals surface area (Å²) in [4.78, 5) is 48.6. The van der Waals surface area contributed by atoms with Crippen LogP contribution in [0.4, 0.5) is 11.4 Å². The van der Waals surface area contributed by atoms with Crippen molar-refractivity contribution in [3.8, 4) is 5.75 Å². The number of likely N-dealkylation sites (N-methyl/N-ethyl adjacent to an activating group) is 1. The Kier molecular flexibility index (Phi) is 12.1. The van der Waals surface area contributed by atoms with Gasteiger partial charge in [0.15, 0.2) is 6.10 Å². The first-order valence-electron chi connectivity index (χ1n) is 22.0. The minimum absolute atomic E-state index is 0. The lowest BCUT2D eigenvalue weighted by atomic mass is 9.47. The molecule has 0 bridgehead atoms. The van der Waals surface area contributed by atoms with E-state index in [1.54, 1.807) is 7.11 Å². The molecule has 2 aromatic rings. The van der Waals surface area contributed by atoms with Gasteiger partial charge in [-0.05, 0) is 74.2 Å². The molecule has 7 aliphatic rings. The number of methoxy groups -OCH3 is 3. The van der Waals surface area contributed by atoms with Crippen LogP contribution in [0.5, 0.6) is 5.75 Å². The van der Waals surface area contributed by atoms with Crippen LogP contribution >= 0.6 is 0 Å². The summed E-state index contributed by atoms with van der Waals surface area (Å²) in [6.45, 7) is 7.37. The van der Waals surface area contributed by atoms with Gasteiger partial charge in [0.05, 0.1) is 50.9 Å². The van der Waals surface area contributed by atoms with Crippen molar-refractivity contribution in [1.29, 1.82) is 0 Å². The van der Waals surface area contributed by atoms with E-state index >= 15 is 0 Å². The predicted molar refractivity (Wildman–Crippen MR) is 233 cm³/mol. The first kappa shape index (κ1) is 46.7. The largest absolute Gasteiger partial charge is 0.496 e. The van der Waals surface area contributed by atoms with Crippen molar-refractivity contribution in [1.82, 2.24) is 9.80 Å². The summed E-state index contributed by atoms with van der Waals surface area (Å²) < 4.78 is 23.8. The molecule has 6 aliphatic heterocycles. The molecule has 9 rings (SSSR count). The van der Waals surface area contributed by atoms with E-state index in [9.17, 15) is 29.7 Å². The highest BCUT2D eigenvalue weighted by Gasteiger charge is 2.81. The van der Waals surface area contributed by atoms with Crippen LogP contribution in [0.25, 0.3) is 0 Å². The number of aliphatic hydroxyl groups is 4. The fourth-order valence-electron chi connectivity index (χ4n) is 14.4. The number of anilines is 2. The van der Waals surface area contributed by atoms with E-state index in [-0.39, 0.29) is 30.0 Å². The topological polar surface area (TPSA) is 222 Å². The molecule has 0 aromatic heterocycles. The van der Waals surface area contributed by atoms with E-state index in [1.807, 2.05) is 44.0 Å². The molecule has 7 N–H and O–H groups in total. The van der Waals surface area contributed by atoms with Crippen molar-refractivity contribution in [2.24, 2.45) is 17.3 Å². The van der Waals surface area contributed by atoms with Gasteiger partial charge in [0, 0.05) is 80.6 Å². The number of piperidine rings is 1. The van der Waals surface area contributed by atoms with Gasteiger partial charge in [-0.15, -0.1) is 0 Å². The molecule has 346 valence electrons. The van der Waals surface area contributed by atoms with E-state index in [4.69, 9.17) is 24.1 Å². The second-order valence-corrected chi connectivity index (χ2v) is 18.6. The van der Waals surface area contributed by atoms with E-state index < -0.39 is 63.1 Å². The van der Waals surface area contributed by atoms with Crippen LogP contribution in [0.3, 0.4) is 0 Å². The third kappa shape index (κ3) is 5.80. The summed E-state index contributed by atoms with van der Waals surface area (Å²) in [6, 6.07) is 11.3. The fourth-order valence-corrected chi connectivity index (χ4v) is 14.4. The van der Waals surface area contributed by atoms with Crippen LogP contribution in [-0.2, 0) is 39.4 Å². The van der Waals surface area contributed by atoms with Crippen molar-refractivity contribution in [2.45, 2.75) is 105 Å². The Bertz CT molecular complexity index is 2150.